The number of anilines is 1. The Bertz CT molecular complexity index is 1930. The summed E-state index contributed by atoms with van der Waals surface area (Å²) in [4.78, 5) is 42.7. The number of rotatable bonds is 10. The molecule has 2 heterocycles. The van der Waals surface area contributed by atoms with Gasteiger partial charge in [0.25, 0.3) is 11.2 Å². The van der Waals surface area contributed by atoms with E-state index in [1.54, 1.807) is 48.2 Å². The van der Waals surface area contributed by atoms with E-state index in [4.69, 9.17) is 4.74 Å². The number of benzene rings is 3. The van der Waals surface area contributed by atoms with Crippen molar-refractivity contribution in [2.75, 3.05) is 38.2 Å². The number of non-ortho nitro benzene ring substituents is 1. The Morgan fingerprint density at radius 2 is 1.62 bits per heavy atom. The van der Waals surface area contributed by atoms with Crippen molar-refractivity contribution in [3.8, 4) is 5.75 Å². The lowest BCUT2D eigenvalue weighted by atomic mass is 10.00. The number of ether oxygens (including phenoxy) is 1. The Labute approximate surface area is 273 Å². The highest BCUT2D eigenvalue weighted by atomic mass is 19.4. The smallest absolute Gasteiger partial charge is 0.416 e. The fourth-order valence-corrected chi connectivity index (χ4v) is 6.24. The second-order valence-corrected chi connectivity index (χ2v) is 11.8. The number of halogens is 4. The fraction of sp³-hybridized carbons (Fsp3) is 0.353. The Hall–Kier alpha value is -4.98. The van der Waals surface area contributed by atoms with Crippen molar-refractivity contribution in [3.05, 3.63) is 131 Å². The van der Waals surface area contributed by atoms with Gasteiger partial charge >= 0.3 is 11.9 Å². The van der Waals surface area contributed by atoms with Gasteiger partial charge in [0.05, 0.1) is 24.1 Å². The zero-order chi connectivity index (χ0) is 34.7. The van der Waals surface area contributed by atoms with E-state index < -0.39 is 51.8 Å². The molecule has 4 aromatic rings. The highest BCUT2D eigenvalue weighted by Gasteiger charge is 2.35. The molecule has 10 nitrogen and oxygen atoms in total. The SMILES string of the molecule is COc1ccccc1[C@@H](C)Cn1c(=O)c(N2CCN(Cc3cccc([N+](=O)[O-])c3)CC2)c(C)n(Cc2c(F)cccc2C(F)(F)F)c1=O. The molecule has 48 heavy (non-hydrogen) atoms. The van der Waals surface area contributed by atoms with Crippen LogP contribution >= 0.6 is 0 Å². The fourth-order valence-electron chi connectivity index (χ4n) is 6.24. The highest BCUT2D eigenvalue weighted by Crippen LogP contribution is 2.34. The number of methoxy groups -OCH3 is 1. The number of aromatic nitrogens is 2. The van der Waals surface area contributed by atoms with Gasteiger partial charge in [0.1, 0.15) is 17.3 Å². The van der Waals surface area contributed by atoms with Gasteiger partial charge in [0.2, 0.25) is 0 Å². The molecule has 0 N–H and O–H groups in total. The average molecular weight is 670 g/mol. The molecule has 3 aromatic carbocycles. The van der Waals surface area contributed by atoms with Crippen LogP contribution in [0.15, 0.2) is 76.3 Å². The number of hydrogen-bond acceptors (Lipinski definition) is 7. The molecule has 1 aliphatic rings. The number of nitro groups is 1. The third kappa shape index (κ3) is 7.13. The molecule has 0 bridgehead atoms. The summed E-state index contributed by atoms with van der Waals surface area (Å²) < 4.78 is 64.4. The van der Waals surface area contributed by atoms with Crippen LogP contribution in [0, 0.1) is 22.9 Å². The first-order valence-electron chi connectivity index (χ1n) is 15.3. The first kappa shape index (κ1) is 34.4. The summed E-state index contributed by atoms with van der Waals surface area (Å²) in [6.45, 7) is 4.46. The summed E-state index contributed by atoms with van der Waals surface area (Å²) in [7, 11) is 1.50. The van der Waals surface area contributed by atoms with E-state index >= 15 is 4.39 Å². The molecule has 1 aliphatic heterocycles. The maximum absolute atomic E-state index is 15.0. The molecule has 1 atom stereocenters. The molecule has 1 fully saturated rings. The first-order chi connectivity index (χ1) is 22.8. The van der Waals surface area contributed by atoms with Gasteiger partial charge in [-0.3, -0.25) is 28.9 Å². The second-order valence-electron chi connectivity index (χ2n) is 11.8. The van der Waals surface area contributed by atoms with Crippen LogP contribution in [0.1, 0.15) is 40.8 Å². The topological polar surface area (TPSA) is 103 Å². The van der Waals surface area contributed by atoms with Gasteiger partial charge in [0.15, 0.2) is 0 Å². The van der Waals surface area contributed by atoms with Crippen LogP contribution in [0.3, 0.4) is 0 Å². The molecular formula is C34H35F4N5O5. The molecule has 0 amide bonds. The number of hydrogen-bond donors (Lipinski definition) is 0. The maximum atomic E-state index is 15.0. The largest absolute Gasteiger partial charge is 0.496 e. The van der Waals surface area contributed by atoms with Crippen LogP contribution < -0.4 is 20.9 Å². The highest BCUT2D eigenvalue weighted by molar-refractivity contribution is 5.50. The summed E-state index contributed by atoms with van der Waals surface area (Å²) >= 11 is 0. The van der Waals surface area contributed by atoms with Gasteiger partial charge in [-0.15, -0.1) is 0 Å². The van der Waals surface area contributed by atoms with E-state index in [9.17, 15) is 32.9 Å². The number of alkyl halides is 3. The minimum Gasteiger partial charge on any atom is -0.496 e. The standard InChI is InChI=1S/C34H35F4N5O5/c1-22(26-10-4-5-13-30(26)48-3)19-42-32(44)31(40-16-14-39(15-17-40)20-24-8-6-9-25(18-24)43(46)47)23(2)41(33(42)45)21-27-28(34(36,37)38)11-7-12-29(27)35/h4-13,18,22H,14-17,19-21H2,1-3H3/t22-/m0/s1. The summed E-state index contributed by atoms with van der Waals surface area (Å²) in [6.07, 6.45) is -4.87. The monoisotopic (exact) mass is 669 g/mol. The summed E-state index contributed by atoms with van der Waals surface area (Å²) in [5.74, 6) is -0.985. The van der Waals surface area contributed by atoms with Crippen LogP contribution in [0.25, 0.3) is 0 Å². The number of nitrogens with zero attached hydrogens (tertiary/aromatic N) is 5. The zero-order valence-corrected chi connectivity index (χ0v) is 26.7. The zero-order valence-electron chi connectivity index (χ0n) is 26.7. The Kier molecular flexibility index (Phi) is 10.0. The van der Waals surface area contributed by atoms with Crippen LogP contribution in [0.4, 0.5) is 28.9 Å². The summed E-state index contributed by atoms with van der Waals surface area (Å²) in [6, 6.07) is 16.1. The van der Waals surface area contributed by atoms with E-state index in [0.717, 1.165) is 38.5 Å². The predicted molar refractivity (Wildman–Crippen MR) is 172 cm³/mol. The number of para-hydroxylation sites is 1. The van der Waals surface area contributed by atoms with Crippen molar-refractivity contribution in [3.63, 3.8) is 0 Å². The molecule has 1 saturated heterocycles. The van der Waals surface area contributed by atoms with Gasteiger partial charge in [0, 0.05) is 68.6 Å². The van der Waals surface area contributed by atoms with Crippen LogP contribution in [0.2, 0.25) is 0 Å². The third-order valence-corrected chi connectivity index (χ3v) is 8.74. The van der Waals surface area contributed by atoms with Crippen molar-refractivity contribution >= 4 is 11.4 Å². The number of piperazine rings is 1. The van der Waals surface area contributed by atoms with Gasteiger partial charge in [-0.25, -0.2) is 9.18 Å². The van der Waals surface area contributed by atoms with Crippen molar-refractivity contribution in [1.29, 1.82) is 0 Å². The van der Waals surface area contributed by atoms with Crippen LogP contribution in [-0.2, 0) is 25.8 Å². The summed E-state index contributed by atoms with van der Waals surface area (Å²) in [5, 5.41) is 11.2. The molecule has 0 aliphatic carbocycles. The summed E-state index contributed by atoms with van der Waals surface area (Å²) in [5.41, 5.74) is -1.65. The van der Waals surface area contributed by atoms with Crippen LogP contribution in [-0.4, -0.2) is 52.2 Å². The maximum Gasteiger partial charge on any atom is 0.416 e. The van der Waals surface area contributed by atoms with Gasteiger partial charge in [-0.05, 0) is 36.2 Å². The molecule has 0 saturated carbocycles. The van der Waals surface area contributed by atoms with E-state index in [1.807, 2.05) is 0 Å². The van der Waals surface area contributed by atoms with Crippen molar-refractivity contribution in [2.24, 2.45) is 0 Å². The molecule has 14 heteroatoms. The minimum atomic E-state index is -4.87. The van der Waals surface area contributed by atoms with Gasteiger partial charge in [-0.1, -0.05) is 43.3 Å². The third-order valence-electron chi connectivity index (χ3n) is 8.74. The molecule has 1 aromatic heterocycles. The molecular weight excluding hydrogens is 634 g/mol. The molecule has 5 rings (SSSR count). The Morgan fingerprint density at radius 3 is 2.29 bits per heavy atom. The predicted octanol–water partition coefficient (Wildman–Crippen LogP) is 5.57. The average Bonchev–Trinajstić information content (AvgIpc) is 3.06. The lowest BCUT2D eigenvalue weighted by molar-refractivity contribution is -0.384. The van der Waals surface area contributed by atoms with E-state index in [1.165, 1.54) is 26.2 Å². The van der Waals surface area contributed by atoms with Crippen molar-refractivity contribution < 1.29 is 27.2 Å². The van der Waals surface area contributed by atoms with E-state index in [-0.39, 0.29) is 23.6 Å². The molecule has 254 valence electrons. The lowest BCUT2D eigenvalue weighted by Crippen LogP contribution is -2.51. The second kappa shape index (κ2) is 14.0. The number of nitro benzene ring substituents is 1. The minimum absolute atomic E-state index is 0.0181. The Morgan fingerprint density at radius 1 is 0.938 bits per heavy atom. The normalized spacial score (nSPS) is 14.6. The lowest BCUT2D eigenvalue weighted by Gasteiger charge is -2.37. The molecule has 0 spiro atoms. The Balaban J connectivity index is 1.54. The first-order valence-corrected chi connectivity index (χ1v) is 15.3. The van der Waals surface area contributed by atoms with Gasteiger partial charge < -0.3 is 9.64 Å². The van der Waals surface area contributed by atoms with Crippen LogP contribution in [0.5, 0.6) is 5.75 Å². The van der Waals surface area contributed by atoms with Crippen molar-refractivity contribution in [2.45, 2.75) is 45.6 Å². The quantitative estimate of drug-likeness (QED) is 0.124. The van der Waals surface area contributed by atoms with Gasteiger partial charge in [-0.2, -0.15) is 13.2 Å². The van der Waals surface area contributed by atoms with E-state index in [0.29, 0.717) is 38.5 Å². The molecule has 0 unspecified atom stereocenters. The molecule has 0 radical (unpaired) electrons. The van der Waals surface area contributed by atoms with Crippen molar-refractivity contribution in [1.82, 2.24) is 14.0 Å². The van der Waals surface area contributed by atoms with E-state index in [2.05, 4.69) is 4.90 Å².